The first kappa shape index (κ1) is 15.7. The van der Waals surface area contributed by atoms with Gasteiger partial charge in [0.25, 0.3) is 5.91 Å². The molecule has 2 heterocycles. The van der Waals surface area contributed by atoms with Crippen molar-refractivity contribution in [3.8, 4) is 5.75 Å². The fraction of sp³-hybridized carbons (Fsp3) is 0.118. The van der Waals surface area contributed by atoms with E-state index in [-0.39, 0.29) is 12.7 Å². The first-order valence-electron chi connectivity index (χ1n) is 7.16. The molecule has 1 aromatic carbocycles. The van der Waals surface area contributed by atoms with E-state index in [1.54, 1.807) is 53.2 Å². The van der Waals surface area contributed by atoms with E-state index in [4.69, 9.17) is 9.47 Å². The lowest BCUT2D eigenvalue weighted by Crippen LogP contribution is -2.12. The van der Waals surface area contributed by atoms with Crippen molar-refractivity contribution in [1.82, 2.24) is 9.38 Å². The van der Waals surface area contributed by atoms with E-state index in [0.29, 0.717) is 34.6 Å². The Balaban J connectivity index is 1.72. The van der Waals surface area contributed by atoms with E-state index in [2.05, 4.69) is 10.3 Å². The topological polar surface area (TPSA) is 81.9 Å². The molecule has 0 fully saturated rings. The number of carbonyl (C=O) groups is 2. The predicted molar refractivity (Wildman–Crippen MR) is 87.5 cm³/mol. The van der Waals surface area contributed by atoms with Crippen molar-refractivity contribution in [3.05, 3.63) is 60.0 Å². The third-order valence-electron chi connectivity index (χ3n) is 3.31. The van der Waals surface area contributed by atoms with E-state index >= 15 is 0 Å². The Kier molecular flexibility index (Phi) is 4.53. The van der Waals surface area contributed by atoms with Crippen molar-refractivity contribution in [1.29, 1.82) is 0 Å². The number of ether oxygens (including phenoxy) is 2. The lowest BCUT2D eigenvalue weighted by atomic mass is 10.2. The van der Waals surface area contributed by atoms with Crippen LogP contribution in [-0.4, -0.2) is 35.5 Å². The summed E-state index contributed by atoms with van der Waals surface area (Å²) >= 11 is 0. The van der Waals surface area contributed by atoms with Crippen LogP contribution in [0.25, 0.3) is 5.65 Å². The van der Waals surface area contributed by atoms with Crippen molar-refractivity contribution in [3.63, 3.8) is 0 Å². The van der Waals surface area contributed by atoms with Crippen molar-refractivity contribution in [2.75, 3.05) is 19.2 Å². The summed E-state index contributed by atoms with van der Waals surface area (Å²) in [5.74, 6) is 0.373. The monoisotopic (exact) mass is 325 g/mol. The molecule has 7 heteroatoms. The van der Waals surface area contributed by atoms with Crippen LogP contribution in [0.1, 0.15) is 20.8 Å². The van der Waals surface area contributed by atoms with Gasteiger partial charge in [0, 0.05) is 25.1 Å². The Morgan fingerprint density at radius 1 is 1.21 bits per heavy atom. The molecule has 0 spiro atoms. The molecule has 122 valence electrons. The van der Waals surface area contributed by atoms with Crippen LogP contribution in [0.4, 0.5) is 5.69 Å². The molecule has 0 radical (unpaired) electrons. The first-order valence-corrected chi connectivity index (χ1v) is 7.16. The van der Waals surface area contributed by atoms with Gasteiger partial charge in [-0.1, -0.05) is 0 Å². The zero-order valence-electron chi connectivity index (χ0n) is 12.9. The van der Waals surface area contributed by atoms with E-state index < -0.39 is 0 Å². The number of methoxy groups -OCH3 is 1. The highest BCUT2D eigenvalue weighted by Gasteiger charge is 2.08. The summed E-state index contributed by atoms with van der Waals surface area (Å²) in [6.45, 7) is 0.152. The van der Waals surface area contributed by atoms with Crippen molar-refractivity contribution in [2.45, 2.75) is 0 Å². The number of rotatable bonds is 6. The third kappa shape index (κ3) is 3.41. The van der Waals surface area contributed by atoms with Crippen LogP contribution < -0.4 is 10.1 Å². The molecule has 0 aliphatic heterocycles. The summed E-state index contributed by atoms with van der Waals surface area (Å²) in [6, 6.07) is 10.2. The molecule has 7 nitrogen and oxygen atoms in total. The van der Waals surface area contributed by atoms with Crippen molar-refractivity contribution >= 4 is 23.5 Å². The number of benzene rings is 1. The van der Waals surface area contributed by atoms with Gasteiger partial charge in [-0.05, 0) is 36.4 Å². The lowest BCUT2D eigenvalue weighted by Gasteiger charge is -2.07. The molecule has 24 heavy (non-hydrogen) atoms. The van der Waals surface area contributed by atoms with Gasteiger partial charge < -0.3 is 19.2 Å². The average molecular weight is 325 g/mol. The van der Waals surface area contributed by atoms with E-state index in [0.717, 1.165) is 0 Å². The maximum Gasteiger partial charge on any atom is 0.255 e. The standard InChI is InChI=1S/C17H15N3O4/c1-23-11-24-15-5-2-12(3-6-15)17(22)19-13-4-7-16-18-14(10-21)9-20(16)8-13/h2-10H,11H2,1H3,(H,19,22). The normalized spacial score (nSPS) is 10.5. The number of amides is 1. The van der Waals surface area contributed by atoms with Gasteiger partial charge in [0.05, 0.1) is 5.69 Å². The molecule has 0 bridgehead atoms. The zero-order chi connectivity index (χ0) is 16.9. The Morgan fingerprint density at radius 3 is 2.71 bits per heavy atom. The van der Waals surface area contributed by atoms with Crippen LogP contribution in [0, 0.1) is 0 Å². The Bertz CT molecular complexity index is 871. The maximum atomic E-state index is 12.3. The van der Waals surface area contributed by atoms with Gasteiger partial charge in [-0.3, -0.25) is 9.59 Å². The van der Waals surface area contributed by atoms with E-state index in [1.165, 1.54) is 7.11 Å². The van der Waals surface area contributed by atoms with Gasteiger partial charge >= 0.3 is 0 Å². The number of fused-ring (bicyclic) bond motifs is 1. The fourth-order valence-corrected chi connectivity index (χ4v) is 2.17. The van der Waals surface area contributed by atoms with Crippen molar-refractivity contribution in [2.24, 2.45) is 0 Å². The van der Waals surface area contributed by atoms with E-state index in [1.807, 2.05) is 0 Å². The van der Waals surface area contributed by atoms with Gasteiger partial charge in [-0.15, -0.1) is 0 Å². The number of nitrogens with one attached hydrogen (secondary N) is 1. The molecule has 0 atom stereocenters. The largest absolute Gasteiger partial charge is 0.468 e. The van der Waals surface area contributed by atoms with Crippen LogP contribution >= 0.6 is 0 Å². The smallest absolute Gasteiger partial charge is 0.255 e. The molecule has 0 aliphatic carbocycles. The van der Waals surface area contributed by atoms with Gasteiger partial charge in [-0.25, -0.2) is 4.98 Å². The van der Waals surface area contributed by atoms with Gasteiger partial charge in [-0.2, -0.15) is 0 Å². The number of anilines is 1. The van der Waals surface area contributed by atoms with Gasteiger partial charge in [0.15, 0.2) is 13.1 Å². The molecule has 2 aromatic heterocycles. The molecular formula is C17H15N3O4. The summed E-state index contributed by atoms with van der Waals surface area (Å²) in [4.78, 5) is 27.1. The number of carbonyl (C=O) groups excluding carboxylic acids is 2. The number of aldehydes is 1. The number of pyridine rings is 1. The number of hydrogen-bond donors (Lipinski definition) is 1. The summed E-state index contributed by atoms with van der Waals surface area (Å²) in [5.41, 5.74) is 2.07. The second-order valence-corrected chi connectivity index (χ2v) is 5.00. The highest BCUT2D eigenvalue weighted by atomic mass is 16.7. The molecule has 3 aromatic rings. The second kappa shape index (κ2) is 6.93. The first-order chi connectivity index (χ1) is 11.7. The number of hydrogen-bond acceptors (Lipinski definition) is 5. The highest BCUT2D eigenvalue weighted by Crippen LogP contribution is 2.15. The third-order valence-corrected chi connectivity index (χ3v) is 3.31. The Morgan fingerprint density at radius 2 is 2.00 bits per heavy atom. The van der Waals surface area contributed by atoms with Gasteiger partial charge in [0.1, 0.15) is 17.1 Å². The van der Waals surface area contributed by atoms with Crippen molar-refractivity contribution < 1.29 is 19.1 Å². The van der Waals surface area contributed by atoms with E-state index in [9.17, 15) is 9.59 Å². The molecule has 0 saturated carbocycles. The van der Waals surface area contributed by atoms with Crippen LogP contribution in [0.15, 0.2) is 48.8 Å². The van der Waals surface area contributed by atoms with Crippen LogP contribution in [-0.2, 0) is 4.74 Å². The molecule has 0 unspecified atom stereocenters. The average Bonchev–Trinajstić information content (AvgIpc) is 3.02. The minimum atomic E-state index is -0.247. The highest BCUT2D eigenvalue weighted by molar-refractivity contribution is 6.04. The number of aromatic nitrogens is 2. The maximum absolute atomic E-state index is 12.3. The molecular weight excluding hydrogens is 310 g/mol. The predicted octanol–water partition coefficient (Wildman–Crippen LogP) is 2.38. The quantitative estimate of drug-likeness (QED) is 0.556. The SMILES string of the molecule is COCOc1ccc(C(=O)Nc2ccc3nc(C=O)cn3c2)cc1. The second-order valence-electron chi connectivity index (χ2n) is 5.00. The zero-order valence-corrected chi connectivity index (χ0v) is 12.9. The summed E-state index contributed by atoms with van der Waals surface area (Å²) in [7, 11) is 1.54. The Labute approximate surface area is 137 Å². The molecule has 1 N–H and O–H groups in total. The number of imidazole rings is 1. The van der Waals surface area contributed by atoms with Crippen LogP contribution in [0.5, 0.6) is 5.75 Å². The number of nitrogens with zero attached hydrogens (tertiary/aromatic N) is 2. The summed E-state index contributed by atoms with van der Waals surface area (Å²) in [5, 5.41) is 2.80. The minimum absolute atomic E-state index is 0.152. The fourth-order valence-electron chi connectivity index (χ4n) is 2.17. The Hall–Kier alpha value is -3.19. The van der Waals surface area contributed by atoms with Crippen LogP contribution in [0.3, 0.4) is 0 Å². The lowest BCUT2D eigenvalue weighted by molar-refractivity contribution is 0.0511. The van der Waals surface area contributed by atoms with Crippen LogP contribution in [0.2, 0.25) is 0 Å². The van der Waals surface area contributed by atoms with Gasteiger partial charge in [0.2, 0.25) is 0 Å². The molecule has 0 aliphatic rings. The summed E-state index contributed by atoms with van der Waals surface area (Å²) < 4.78 is 11.8. The molecule has 0 saturated heterocycles. The molecule has 1 amide bonds. The molecule has 3 rings (SSSR count). The minimum Gasteiger partial charge on any atom is -0.468 e. The summed E-state index contributed by atoms with van der Waals surface area (Å²) in [6.07, 6.45) is 3.97.